The molecule has 5 heteroatoms. The van der Waals surface area contributed by atoms with Crippen LogP contribution < -0.4 is 5.56 Å². The van der Waals surface area contributed by atoms with Crippen LogP contribution in [-0.2, 0) is 7.05 Å². The van der Waals surface area contributed by atoms with Crippen molar-refractivity contribution in [2.45, 2.75) is 32.6 Å². The first-order valence-corrected chi connectivity index (χ1v) is 7.58. The van der Waals surface area contributed by atoms with Crippen LogP contribution in [0.2, 0.25) is 0 Å². The fourth-order valence-electron chi connectivity index (χ4n) is 2.72. The molecule has 0 aliphatic rings. The molecule has 0 unspecified atom stereocenters. The molecule has 0 radical (unpaired) electrons. The maximum Gasteiger partial charge on any atom is 0.274 e. The van der Waals surface area contributed by atoms with Crippen molar-refractivity contribution in [1.82, 2.24) is 14.7 Å². The molecule has 0 N–H and O–H groups in total. The van der Waals surface area contributed by atoms with E-state index in [1.54, 1.807) is 11.6 Å². The van der Waals surface area contributed by atoms with Gasteiger partial charge in [-0.15, -0.1) is 0 Å². The van der Waals surface area contributed by atoms with Crippen molar-refractivity contribution in [3.63, 3.8) is 0 Å². The largest absolute Gasteiger partial charge is 0.332 e. The Labute approximate surface area is 128 Å². The highest BCUT2D eigenvalue weighted by molar-refractivity contribution is 5.84. The SMILES string of the molecule is CCC(CC)c1noc(-c2cc3ccccc3c(=O)n2C)n1. The van der Waals surface area contributed by atoms with Crippen LogP contribution in [0.4, 0.5) is 0 Å². The third-order valence-electron chi connectivity index (χ3n) is 4.16. The molecule has 1 aromatic carbocycles. The minimum absolute atomic E-state index is 0.0598. The molecule has 5 nitrogen and oxygen atoms in total. The molecule has 0 fully saturated rings. The maximum absolute atomic E-state index is 12.4. The number of aromatic nitrogens is 3. The van der Waals surface area contributed by atoms with E-state index in [1.165, 1.54) is 0 Å². The van der Waals surface area contributed by atoms with E-state index in [0.717, 1.165) is 18.2 Å². The molecule has 2 heterocycles. The van der Waals surface area contributed by atoms with Crippen molar-refractivity contribution in [2.24, 2.45) is 7.05 Å². The summed E-state index contributed by atoms with van der Waals surface area (Å²) >= 11 is 0. The molecule has 114 valence electrons. The van der Waals surface area contributed by atoms with Gasteiger partial charge in [-0.1, -0.05) is 37.2 Å². The van der Waals surface area contributed by atoms with Gasteiger partial charge in [-0.3, -0.25) is 4.79 Å². The molecule has 0 saturated carbocycles. The van der Waals surface area contributed by atoms with Gasteiger partial charge in [-0.25, -0.2) is 0 Å². The lowest BCUT2D eigenvalue weighted by molar-refractivity contribution is 0.410. The minimum atomic E-state index is -0.0598. The first-order chi connectivity index (χ1) is 10.7. The molecule has 0 atom stereocenters. The smallest absolute Gasteiger partial charge is 0.274 e. The van der Waals surface area contributed by atoms with Crippen molar-refractivity contribution < 1.29 is 4.52 Å². The van der Waals surface area contributed by atoms with E-state index < -0.39 is 0 Å². The summed E-state index contributed by atoms with van der Waals surface area (Å²) in [5, 5.41) is 5.65. The molecule has 3 aromatic rings. The van der Waals surface area contributed by atoms with Gasteiger partial charge in [-0.05, 0) is 30.4 Å². The van der Waals surface area contributed by atoms with Gasteiger partial charge in [0.15, 0.2) is 5.82 Å². The van der Waals surface area contributed by atoms with Crippen LogP contribution in [0.25, 0.3) is 22.4 Å². The molecule has 3 rings (SSSR count). The monoisotopic (exact) mass is 297 g/mol. The summed E-state index contributed by atoms with van der Waals surface area (Å²) in [6.45, 7) is 4.21. The number of nitrogens with zero attached hydrogens (tertiary/aromatic N) is 3. The van der Waals surface area contributed by atoms with Gasteiger partial charge in [0, 0.05) is 18.4 Å². The van der Waals surface area contributed by atoms with Gasteiger partial charge in [-0.2, -0.15) is 4.98 Å². The van der Waals surface area contributed by atoms with E-state index in [4.69, 9.17) is 4.52 Å². The average Bonchev–Trinajstić information content (AvgIpc) is 3.02. The van der Waals surface area contributed by atoms with Crippen LogP contribution >= 0.6 is 0 Å². The Balaban J connectivity index is 2.15. The lowest BCUT2D eigenvalue weighted by Crippen LogP contribution is -2.18. The second kappa shape index (κ2) is 5.75. The molecule has 0 spiro atoms. The first kappa shape index (κ1) is 14.5. The van der Waals surface area contributed by atoms with Gasteiger partial charge in [0.05, 0.1) is 0 Å². The van der Waals surface area contributed by atoms with Gasteiger partial charge < -0.3 is 9.09 Å². The van der Waals surface area contributed by atoms with E-state index >= 15 is 0 Å². The first-order valence-electron chi connectivity index (χ1n) is 7.58. The highest BCUT2D eigenvalue weighted by Gasteiger charge is 2.18. The quantitative estimate of drug-likeness (QED) is 0.739. The highest BCUT2D eigenvalue weighted by atomic mass is 16.5. The lowest BCUT2D eigenvalue weighted by atomic mass is 10.0. The summed E-state index contributed by atoms with van der Waals surface area (Å²) in [5.74, 6) is 1.39. The van der Waals surface area contributed by atoms with Crippen LogP contribution in [0.15, 0.2) is 39.6 Å². The molecule has 0 amide bonds. The number of hydrogen-bond donors (Lipinski definition) is 0. The van der Waals surface area contributed by atoms with Crippen molar-refractivity contribution >= 4 is 10.8 Å². The molecular weight excluding hydrogens is 278 g/mol. The van der Waals surface area contributed by atoms with E-state index in [0.29, 0.717) is 22.8 Å². The van der Waals surface area contributed by atoms with E-state index in [-0.39, 0.29) is 11.5 Å². The van der Waals surface area contributed by atoms with Crippen LogP contribution in [0.5, 0.6) is 0 Å². The van der Waals surface area contributed by atoms with Gasteiger partial charge >= 0.3 is 0 Å². The zero-order valence-electron chi connectivity index (χ0n) is 13.0. The fourth-order valence-corrected chi connectivity index (χ4v) is 2.72. The average molecular weight is 297 g/mol. The molecule has 0 aliphatic heterocycles. The topological polar surface area (TPSA) is 60.9 Å². The summed E-state index contributed by atoms with van der Waals surface area (Å²) in [6, 6.07) is 9.43. The van der Waals surface area contributed by atoms with E-state index in [1.807, 2.05) is 30.3 Å². The number of fused-ring (bicyclic) bond motifs is 1. The maximum atomic E-state index is 12.4. The lowest BCUT2D eigenvalue weighted by Gasteiger charge is -2.07. The molecule has 0 bridgehead atoms. The van der Waals surface area contributed by atoms with Crippen LogP contribution in [0, 0.1) is 0 Å². The summed E-state index contributed by atoms with van der Waals surface area (Å²) < 4.78 is 6.96. The Morgan fingerprint density at radius 2 is 1.95 bits per heavy atom. The highest BCUT2D eigenvalue weighted by Crippen LogP contribution is 2.24. The van der Waals surface area contributed by atoms with Gasteiger partial charge in [0.2, 0.25) is 0 Å². The Bertz CT molecular complexity index is 860. The third kappa shape index (κ3) is 2.32. The Morgan fingerprint density at radius 1 is 1.23 bits per heavy atom. The summed E-state index contributed by atoms with van der Waals surface area (Å²) in [4.78, 5) is 16.9. The number of benzene rings is 1. The molecular formula is C17H19N3O2. The minimum Gasteiger partial charge on any atom is -0.332 e. The van der Waals surface area contributed by atoms with E-state index in [9.17, 15) is 4.79 Å². The second-order valence-corrected chi connectivity index (χ2v) is 5.45. The van der Waals surface area contributed by atoms with Gasteiger partial charge in [0.1, 0.15) is 5.69 Å². The van der Waals surface area contributed by atoms with Crippen molar-refractivity contribution in [3.05, 3.63) is 46.5 Å². The normalized spacial score (nSPS) is 11.5. The van der Waals surface area contributed by atoms with Crippen molar-refractivity contribution in [3.8, 4) is 11.6 Å². The van der Waals surface area contributed by atoms with Crippen molar-refractivity contribution in [2.75, 3.05) is 0 Å². The number of pyridine rings is 1. The van der Waals surface area contributed by atoms with E-state index in [2.05, 4.69) is 24.0 Å². The Kier molecular flexibility index (Phi) is 3.79. The summed E-state index contributed by atoms with van der Waals surface area (Å²) in [5.41, 5.74) is 0.587. The molecule has 0 aliphatic carbocycles. The van der Waals surface area contributed by atoms with Gasteiger partial charge in [0.25, 0.3) is 11.4 Å². The zero-order valence-corrected chi connectivity index (χ0v) is 13.0. The standard InChI is InChI=1S/C17H19N3O2/c1-4-11(5-2)15-18-16(22-19-15)14-10-12-8-6-7-9-13(12)17(21)20(14)3/h6-11H,4-5H2,1-3H3. The Morgan fingerprint density at radius 3 is 2.68 bits per heavy atom. The predicted octanol–water partition coefficient (Wildman–Crippen LogP) is 3.49. The molecule has 22 heavy (non-hydrogen) atoms. The third-order valence-corrected chi connectivity index (χ3v) is 4.16. The summed E-state index contributed by atoms with van der Waals surface area (Å²) in [6.07, 6.45) is 1.93. The van der Waals surface area contributed by atoms with Crippen LogP contribution in [-0.4, -0.2) is 14.7 Å². The number of hydrogen-bond acceptors (Lipinski definition) is 4. The zero-order chi connectivity index (χ0) is 15.7. The van der Waals surface area contributed by atoms with Crippen molar-refractivity contribution in [1.29, 1.82) is 0 Å². The predicted molar refractivity (Wildman–Crippen MR) is 85.8 cm³/mol. The summed E-state index contributed by atoms with van der Waals surface area (Å²) in [7, 11) is 1.73. The number of rotatable bonds is 4. The molecule has 0 saturated heterocycles. The van der Waals surface area contributed by atoms with Crippen LogP contribution in [0.3, 0.4) is 0 Å². The second-order valence-electron chi connectivity index (χ2n) is 5.45. The fraction of sp³-hybridized carbons (Fsp3) is 0.353. The Hall–Kier alpha value is -2.43. The molecule has 2 aromatic heterocycles. The van der Waals surface area contributed by atoms with Crippen LogP contribution in [0.1, 0.15) is 38.4 Å².